The first kappa shape index (κ1) is 20.4. The highest BCUT2D eigenvalue weighted by Crippen LogP contribution is 2.17. The van der Waals surface area contributed by atoms with Gasteiger partial charge in [0.1, 0.15) is 16.9 Å². The summed E-state index contributed by atoms with van der Waals surface area (Å²) in [5.41, 5.74) is 5.64. The zero-order valence-electron chi connectivity index (χ0n) is 18.6. The van der Waals surface area contributed by atoms with Gasteiger partial charge in [-0.1, -0.05) is 6.07 Å². The third-order valence-corrected chi connectivity index (χ3v) is 6.19. The minimum Gasteiger partial charge on any atom is -0.336 e. The van der Waals surface area contributed by atoms with Gasteiger partial charge < -0.3 is 9.30 Å². The first-order chi connectivity index (χ1) is 15.4. The van der Waals surface area contributed by atoms with E-state index in [9.17, 15) is 9.59 Å². The monoisotopic (exact) mass is 430 g/mol. The molecule has 0 atom stereocenters. The largest absolute Gasteiger partial charge is 0.336 e. The van der Waals surface area contributed by atoms with E-state index in [-0.39, 0.29) is 17.0 Å². The molecular formula is C24H26N6O2. The lowest BCUT2D eigenvalue weighted by Crippen LogP contribution is -2.49. The van der Waals surface area contributed by atoms with Crippen LogP contribution in [-0.4, -0.2) is 60.7 Å². The Kier molecular flexibility index (Phi) is 5.01. The number of aryl methyl sites for hydroxylation is 3. The van der Waals surface area contributed by atoms with Gasteiger partial charge in [0, 0.05) is 51.3 Å². The molecule has 0 unspecified atom stereocenters. The Morgan fingerprint density at radius 2 is 1.75 bits per heavy atom. The third-order valence-electron chi connectivity index (χ3n) is 6.19. The minimum absolute atomic E-state index is 0.120. The Balaban J connectivity index is 1.31. The summed E-state index contributed by atoms with van der Waals surface area (Å²) < 4.78 is 3.59. The predicted molar refractivity (Wildman–Crippen MR) is 122 cm³/mol. The number of hydrogen-bond donors (Lipinski definition) is 0. The van der Waals surface area contributed by atoms with Crippen molar-refractivity contribution in [1.29, 1.82) is 0 Å². The number of nitrogens with zero attached hydrogens (tertiary/aromatic N) is 6. The maximum absolute atomic E-state index is 13.1. The number of fused-ring (bicyclic) bond motifs is 2. The van der Waals surface area contributed by atoms with Gasteiger partial charge in [-0.05, 0) is 50.1 Å². The molecule has 1 amide bonds. The van der Waals surface area contributed by atoms with Gasteiger partial charge in [0.05, 0.1) is 11.4 Å². The molecule has 8 nitrogen and oxygen atoms in total. The fourth-order valence-electron chi connectivity index (χ4n) is 4.33. The molecule has 164 valence electrons. The van der Waals surface area contributed by atoms with Crippen LogP contribution in [0, 0.1) is 20.8 Å². The van der Waals surface area contributed by atoms with Crippen LogP contribution in [0.5, 0.6) is 0 Å². The normalized spacial score (nSPS) is 15.0. The highest BCUT2D eigenvalue weighted by molar-refractivity contribution is 5.93. The summed E-state index contributed by atoms with van der Waals surface area (Å²) >= 11 is 0. The van der Waals surface area contributed by atoms with Crippen molar-refractivity contribution in [2.75, 3.05) is 26.2 Å². The summed E-state index contributed by atoms with van der Waals surface area (Å²) in [6.07, 6.45) is 5.20. The molecule has 32 heavy (non-hydrogen) atoms. The van der Waals surface area contributed by atoms with Gasteiger partial charge >= 0.3 is 0 Å². The summed E-state index contributed by atoms with van der Waals surface area (Å²) in [5.74, 6) is -0.250. The maximum atomic E-state index is 13.1. The molecule has 5 rings (SSSR count). The van der Waals surface area contributed by atoms with Crippen molar-refractivity contribution in [2.24, 2.45) is 0 Å². The van der Waals surface area contributed by atoms with Crippen LogP contribution >= 0.6 is 0 Å². The van der Waals surface area contributed by atoms with Crippen molar-refractivity contribution in [1.82, 2.24) is 28.6 Å². The molecule has 1 aliphatic rings. The van der Waals surface area contributed by atoms with E-state index in [2.05, 4.69) is 39.5 Å². The quantitative estimate of drug-likeness (QED) is 0.498. The molecule has 0 radical (unpaired) electrons. The number of aromatic nitrogens is 4. The van der Waals surface area contributed by atoms with Gasteiger partial charge in [-0.25, -0.2) is 9.97 Å². The van der Waals surface area contributed by atoms with Crippen molar-refractivity contribution >= 4 is 17.2 Å². The molecule has 0 N–H and O–H groups in total. The molecule has 0 spiro atoms. The summed E-state index contributed by atoms with van der Waals surface area (Å²) in [5, 5.41) is 0. The molecule has 1 aliphatic heterocycles. The average molecular weight is 431 g/mol. The van der Waals surface area contributed by atoms with Crippen LogP contribution in [-0.2, 0) is 6.54 Å². The Hall–Kier alpha value is -3.52. The van der Waals surface area contributed by atoms with E-state index in [1.165, 1.54) is 21.9 Å². The molecule has 0 saturated carbocycles. The van der Waals surface area contributed by atoms with E-state index >= 15 is 0 Å². The summed E-state index contributed by atoms with van der Waals surface area (Å²) in [6.45, 7) is 9.42. The zero-order chi connectivity index (χ0) is 22.4. The molecule has 8 heteroatoms. The molecule has 0 bridgehead atoms. The number of amides is 1. The second-order valence-corrected chi connectivity index (χ2v) is 8.56. The maximum Gasteiger partial charge on any atom is 0.270 e. The molecule has 4 aromatic rings. The zero-order valence-corrected chi connectivity index (χ0v) is 18.6. The van der Waals surface area contributed by atoms with E-state index in [1.54, 1.807) is 17.2 Å². The summed E-state index contributed by atoms with van der Waals surface area (Å²) in [6, 6.07) is 7.86. The summed E-state index contributed by atoms with van der Waals surface area (Å²) in [7, 11) is 0. The highest BCUT2D eigenvalue weighted by Gasteiger charge is 2.25. The molecule has 1 fully saturated rings. The average Bonchev–Trinajstić information content (AvgIpc) is 3.08. The van der Waals surface area contributed by atoms with Crippen molar-refractivity contribution in [3.05, 3.63) is 81.3 Å². The lowest BCUT2D eigenvalue weighted by Gasteiger charge is -2.34. The van der Waals surface area contributed by atoms with Gasteiger partial charge in [0.25, 0.3) is 11.5 Å². The number of pyridine rings is 2. The molecule has 4 aromatic heterocycles. The number of carbonyl (C=O) groups is 1. The fraction of sp³-hybridized carbons (Fsp3) is 0.333. The predicted octanol–water partition coefficient (Wildman–Crippen LogP) is 2.23. The number of carbonyl (C=O) groups excluding carboxylic acids is 1. The smallest absolute Gasteiger partial charge is 0.270 e. The Bertz CT molecular complexity index is 1400. The minimum atomic E-state index is -0.317. The topological polar surface area (TPSA) is 75.2 Å². The van der Waals surface area contributed by atoms with Gasteiger partial charge in [-0.2, -0.15) is 0 Å². The molecule has 0 aliphatic carbocycles. The number of imidazole rings is 1. The third kappa shape index (κ3) is 3.56. The van der Waals surface area contributed by atoms with Crippen molar-refractivity contribution < 1.29 is 4.79 Å². The van der Waals surface area contributed by atoms with E-state index in [1.807, 2.05) is 19.9 Å². The van der Waals surface area contributed by atoms with Crippen LogP contribution in [0.1, 0.15) is 32.9 Å². The standard InChI is InChI=1S/C24H26N6O2/c1-16-6-7-29-20(18(3)26-22(29)12-16)15-27-8-10-28(11-9-27)23(31)19-13-25-21-5-4-17(2)14-30(21)24(19)32/h4-7,12-14H,8-11,15H2,1-3H3. The van der Waals surface area contributed by atoms with Gasteiger partial charge in [-0.3, -0.25) is 18.9 Å². The fourth-order valence-corrected chi connectivity index (χ4v) is 4.33. The van der Waals surface area contributed by atoms with E-state index < -0.39 is 0 Å². The van der Waals surface area contributed by atoms with Crippen LogP contribution < -0.4 is 5.56 Å². The number of rotatable bonds is 3. The molecule has 5 heterocycles. The van der Waals surface area contributed by atoms with Crippen LogP contribution in [0.2, 0.25) is 0 Å². The highest BCUT2D eigenvalue weighted by atomic mass is 16.2. The lowest BCUT2D eigenvalue weighted by atomic mass is 10.2. The van der Waals surface area contributed by atoms with Crippen LogP contribution in [0.25, 0.3) is 11.3 Å². The van der Waals surface area contributed by atoms with Crippen molar-refractivity contribution in [3.8, 4) is 0 Å². The van der Waals surface area contributed by atoms with Crippen LogP contribution in [0.3, 0.4) is 0 Å². The first-order valence-corrected chi connectivity index (χ1v) is 10.8. The van der Waals surface area contributed by atoms with Gasteiger partial charge in [-0.15, -0.1) is 0 Å². The SMILES string of the molecule is Cc1ccn2c(CN3CCN(C(=O)c4cnc5ccc(C)cn5c4=O)CC3)c(C)nc2c1. The Morgan fingerprint density at radius 3 is 2.53 bits per heavy atom. The van der Waals surface area contributed by atoms with Gasteiger partial charge in [0.2, 0.25) is 0 Å². The summed E-state index contributed by atoms with van der Waals surface area (Å²) in [4.78, 5) is 39.0. The van der Waals surface area contributed by atoms with E-state index in [0.29, 0.717) is 18.7 Å². The second kappa shape index (κ2) is 7.87. The van der Waals surface area contributed by atoms with Crippen molar-refractivity contribution in [2.45, 2.75) is 27.3 Å². The molecular weight excluding hydrogens is 404 g/mol. The lowest BCUT2D eigenvalue weighted by molar-refractivity contribution is 0.0624. The van der Waals surface area contributed by atoms with Crippen LogP contribution in [0.15, 0.2) is 47.7 Å². The first-order valence-electron chi connectivity index (χ1n) is 10.8. The second-order valence-electron chi connectivity index (χ2n) is 8.56. The Labute approximate surface area is 185 Å². The van der Waals surface area contributed by atoms with Gasteiger partial charge in [0.15, 0.2) is 0 Å². The van der Waals surface area contributed by atoms with E-state index in [0.717, 1.165) is 36.5 Å². The molecule has 0 aromatic carbocycles. The van der Waals surface area contributed by atoms with Crippen molar-refractivity contribution in [3.63, 3.8) is 0 Å². The van der Waals surface area contributed by atoms with Crippen LogP contribution in [0.4, 0.5) is 0 Å². The Morgan fingerprint density at radius 1 is 0.969 bits per heavy atom. The molecule has 1 saturated heterocycles. The number of hydrogen-bond acceptors (Lipinski definition) is 5. The van der Waals surface area contributed by atoms with E-state index in [4.69, 9.17) is 4.98 Å². The number of piperazine rings is 1.